The number of carbonyl (C=O) groups excluding carboxylic acids is 1. The van der Waals surface area contributed by atoms with Gasteiger partial charge >= 0.3 is 0 Å². The summed E-state index contributed by atoms with van der Waals surface area (Å²) in [4.78, 5) is 16.6. The molecule has 2 aromatic carbocycles. The van der Waals surface area contributed by atoms with Crippen LogP contribution in [0, 0.1) is 0 Å². The lowest BCUT2D eigenvalue weighted by Crippen LogP contribution is -2.26. The van der Waals surface area contributed by atoms with Crippen molar-refractivity contribution in [1.29, 1.82) is 0 Å². The van der Waals surface area contributed by atoms with Crippen LogP contribution in [0.5, 0.6) is 0 Å². The second-order valence-electron chi connectivity index (χ2n) is 5.53. The molecule has 0 saturated heterocycles. The van der Waals surface area contributed by atoms with Gasteiger partial charge < -0.3 is 16.0 Å². The molecule has 0 radical (unpaired) electrons. The number of pyridine rings is 1. The van der Waals surface area contributed by atoms with Crippen LogP contribution in [0.15, 0.2) is 79.1 Å². The highest BCUT2D eigenvalue weighted by molar-refractivity contribution is 7.80. The first kappa shape index (κ1) is 17.6. The van der Waals surface area contributed by atoms with Crippen LogP contribution in [-0.2, 0) is 6.54 Å². The number of hydrogen-bond donors (Lipinski definition) is 3. The van der Waals surface area contributed by atoms with Crippen LogP contribution < -0.4 is 16.0 Å². The molecule has 26 heavy (non-hydrogen) atoms. The van der Waals surface area contributed by atoms with E-state index in [1.165, 1.54) is 0 Å². The Kier molecular flexibility index (Phi) is 5.90. The van der Waals surface area contributed by atoms with Crippen molar-refractivity contribution in [2.45, 2.75) is 6.54 Å². The molecule has 1 heterocycles. The van der Waals surface area contributed by atoms with Crippen LogP contribution in [0.4, 0.5) is 11.4 Å². The van der Waals surface area contributed by atoms with E-state index in [2.05, 4.69) is 20.9 Å². The maximum Gasteiger partial charge on any atom is 0.253 e. The molecule has 6 heteroatoms. The van der Waals surface area contributed by atoms with Crippen molar-refractivity contribution in [3.8, 4) is 0 Å². The van der Waals surface area contributed by atoms with E-state index < -0.39 is 0 Å². The van der Waals surface area contributed by atoms with Crippen molar-refractivity contribution in [1.82, 2.24) is 10.3 Å². The molecule has 1 amide bonds. The molecule has 0 spiro atoms. The Morgan fingerprint density at radius 2 is 1.69 bits per heavy atom. The van der Waals surface area contributed by atoms with E-state index in [9.17, 15) is 4.79 Å². The third kappa shape index (κ3) is 4.87. The van der Waals surface area contributed by atoms with Gasteiger partial charge in [0.25, 0.3) is 5.91 Å². The van der Waals surface area contributed by atoms with Gasteiger partial charge in [-0.1, -0.05) is 36.4 Å². The Labute approximate surface area is 157 Å². The monoisotopic (exact) mass is 362 g/mol. The van der Waals surface area contributed by atoms with Gasteiger partial charge in [0.15, 0.2) is 5.11 Å². The standard InChI is InChI=1S/C20H18N4OS/c25-19(22-14-15-7-6-12-21-13-15)17-10-4-5-11-18(17)24-20(26)23-16-8-2-1-3-9-16/h1-13H,14H2,(H,22,25)(H2,23,24,26). The highest BCUT2D eigenvalue weighted by Gasteiger charge is 2.11. The second-order valence-corrected chi connectivity index (χ2v) is 5.94. The van der Waals surface area contributed by atoms with Crippen LogP contribution in [0.3, 0.4) is 0 Å². The summed E-state index contributed by atoms with van der Waals surface area (Å²) < 4.78 is 0. The molecule has 130 valence electrons. The summed E-state index contributed by atoms with van der Waals surface area (Å²) in [6, 6.07) is 20.6. The molecular weight excluding hydrogens is 344 g/mol. The molecule has 0 bridgehead atoms. The molecule has 5 nitrogen and oxygen atoms in total. The van der Waals surface area contributed by atoms with Crippen LogP contribution in [0.1, 0.15) is 15.9 Å². The molecule has 3 aromatic rings. The number of rotatable bonds is 5. The summed E-state index contributed by atoms with van der Waals surface area (Å²) in [5.41, 5.74) is 2.98. The third-order valence-corrected chi connectivity index (χ3v) is 3.83. The van der Waals surface area contributed by atoms with E-state index in [0.717, 1.165) is 11.3 Å². The van der Waals surface area contributed by atoms with Gasteiger partial charge in [-0.2, -0.15) is 0 Å². The highest BCUT2D eigenvalue weighted by atomic mass is 32.1. The van der Waals surface area contributed by atoms with E-state index >= 15 is 0 Å². The smallest absolute Gasteiger partial charge is 0.253 e. The molecule has 3 rings (SSSR count). The Hall–Kier alpha value is -3.25. The minimum absolute atomic E-state index is 0.181. The average Bonchev–Trinajstić information content (AvgIpc) is 2.68. The summed E-state index contributed by atoms with van der Waals surface area (Å²) in [6.45, 7) is 0.410. The minimum Gasteiger partial charge on any atom is -0.348 e. The van der Waals surface area contributed by atoms with Gasteiger partial charge in [0, 0.05) is 24.6 Å². The molecular formula is C20H18N4OS. The fourth-order valence-corrected chi connectivity index (χ4v) is 2.60. The zero-order valence-corrected chi connectivity index (χ0v) is 14.8. The summed E-state index contributed by atoms with van der Waals surface area (Å²) in [5, 5.41) is 9.50. The number of hydrogen-bond acceptors (Lipinski definition) is 3. The van der Waals surface area contributed by atoms with Crippen molar-refractivity contribution in [3.63, 3.8) is 0 Å². The lowest BCUT2D eigenvalue weighted by Gasteiger charge is -2.14. The Morgan fingerprint density at radius 3 is 2.46 bits per heavy atom. The van der Waals surface area contributed by atoms with Gasteiger partial charge in [-0.15, -0.1) is 0 Å². The maximum atomic E-state index is 12.5. The number of aromatic nitrogens is 1. The zero-order chi connectivity index (χ0) is 18.2. The fourth-order valence-electron chi connectivity index (χ4n) is 2.38. The topological polar surface area (TPSA) is 66.0 Å². The molecule has 0 aliphatic heterocycles. The third-order valence-electron chi connectivity index (χ3n) is 3.63. The predicted molar refractivity (Wildman–Crippen MR) is 108 cm³/mol. The van der Waals surface area contributed by atoms with Gasteiger partial charge in [0.2, 0.25) is 0 Å². The van der Waals surface area contributed by atoms with Crippen molar-refractivity contribution in [2.75, 3.05) is 10.6 Å². The van der Waals surface area contributed by atoms with Crippen LogP contribution in [0.25, 0.3) is 0 Å². The van der Waals surface area contributed by atoms with Gasteiger partial charge in [-0.3, -0.25) is 9.78 Å². The lowest BCUT2D eigenvalue weighted by molar-refractivity contribution is 0.0951. The van der Waals surface area contributed by atoms with Crippen molar-refractivity contribution in [2.24, 2.45) is 0 Å². The van der Waals surface area contributed by atoms with Crippen LogP contribution in [-0.4, -0.2) is 16.0 Å². The summed E-state index contributed by atoms with van der Waals surface area (Å²) in [5.74, 6) is -0.181. The lowest BCUT2D eigenvalue weighted by atomic mass is 10.1. The minimum atomic E-state index is -0.181. The van der Waals surface area contributed by atoms with E-state index in [4.69, 9.17) is 12.2 Å². The van der Waals surface area contributed by atoms with Gasteiger partial charge in [0.05, 0.1) is 11.3 Å². The van der Waals surface area contributed by atoms with Gasteiger partial charge in [-0.25, -0.2) is 0 Å². The average molecular weight is 362 g/mol. The summed E-state index contributed by atoms with van der Waals surface area (Å²) in [6.07, 6.45) is 3.43. The zero-order valence-electron chi connectivity index (χ0n) is 14.0. The molecule has 0 unspecified atom stereocenters. The van der Waals surface area contributed by atoms with Gasteiger partial charge in [-0.05, 0) is 48.1 Å². The molecule has 1 aromatic heterocycles. The number of para-hydroxylation sites is 2. The second kappa shape index (κ2) is 8.73. The van der Waals surface area contributed by atoms with Gasteiger partial charge in [0.1, 0.15) is 0 Å². The van der Waals surface area contributed by atoms with E-state index in [1.54, 1.807) is 18.5 Å². The van der Waals surface area contributed by atoms with Crippen molar-refractivity contribution in [3.05, 3.63) is 90.3 Å². The normalized spacial score (nSPS) is 10.0. The van der Waals surface area contributed by atoms with E-state index in [1.807, 2.05) is 60.7 Å². The molecule has 3 N–H and O–H groups in total. The van der Waals surface area contributed by atoms with Crippen LogP contribution >= 0.6 is 12.2 Å². The number of thiocarbonyl (C=S) groups is 1. The first-order valence-corrected chi connectivity index (χ1v) is 8.52. The number of amides is 1. The number of benzene rings is 2. The number of nitrogens with one attached hydrogen (secondary N) is 3. The predicted octanol–water partition coefficient (Wildman–Crippen LogP) is 3.82. The summed E-state index contributed by atoms with van der Waals surface area (Å²) in [7, 11) is 0. The largest absolute Gasteiger partial charge is 0.348 e. The summed E-state index contributed by atoms with van der Waals surface area (Å²) >= 11 is 5.34. The first-order valence-electron chi connectivity index (χ1n) is 8.11. The SMILES string of the molecule is O=C(NCc1cccnc1)c1ccccc1NC(=S)Nc1ccccc1. The van der Waals surface area contributed by atoms with Crippen molar-refractivity contribution >= 4 is 34.6 Å². The molecule has 0 aliphatic rings. The Balaban J connectivity index is 1.65. The molecule has 0 fully saturated rings. The molecule has 0 aliphatic carbocycles. The van der Waals surface area contributed by atoms with Crippen molar-refractivity contribution < 1.29 is 4.79 Å². The highest BCUT2D eigenvalue weighted by Crippen LogP contribution is 2.16. The fraction of sp³-hybridized carbons (Fsp3) is 0.0500. The quantitative estimate of drug-likeness (QED) is 0.602. The van der Waals surface area contributed by atoms with Crippen LogP contribution in [0.2, 0.25) is 0 Å². The maximum absolute atomic E-state index is 12.5. The first-order chi connectivity index (χ1) is 12.7. The Bertz CT molecular complexity index is 885. The molecule has 0 saturated carbocycles. The number of anilines is 2. The number of carbonyl (C=O) groups is 1. The number of nitrogens with zero attached hydrogens (tertiary/aromatic N) is 1. The Morgan fingerprint density at radius 1 is 0.923 bits per heavy atom. The van der Waals surface area contributed by atoms with E-state index in [0.29, 0.717) is 22.9 Å². The van der Waals surface area contributed by atoms with E-state index in [-0.39, 0.29) is 5.91 Å². The molecule has 0 atom stereocenters.